The number of nitrogens with zero attached hydrogens (tertiary/aromatic N) is 3. The summed E-state index contributed by atoms with van der Waals surface area (Å²) in [4.78, 5) is 43.3. The minimum atomic E-state index is -2.03. The van der Waals surface area contributed by atoms with Crippen LogP contribution in [0, 0.1) is 40.9 Å². The van der Waals surface area contributed by atoms with Crippen LogP contribution >= 0.6 is 0 Å². The number of terminal acetylenes is 1. The second kappa shape index (κ2) is 12.1. The van der Waals surface area contributed by atoms with Crippen LogP contribution < -0.4 is 4.74 Å². The number of aromatic nitrogens is 3. The molecule has 3 saturated carbocycles. The zero-order chi connectivity index (χ0) is 34.6. The largest absolute Gasteiger partial charge is 0.479 e. The van der Waals surface area contributed by atoms with Crippen molar-refractivity contribution in [2.45, 2.75) is 96.9 Å². The molecule has 11 heteroatoms. The van der Waals surface area contributed by atoms with Crippen molar-refractivity contribution in [3.8, 4) is 23.8 Å². The number of allylic oxidation sites excluding steroid dienone is 1. The molecule has 48 heavy (non-hydrogen) atoms. The predicted octanol–water partition coefficient (Wildman–Crippen LogP) is 4.98. The molecule has 8 atom stereocenters. The quantitative estimate of drug-likeness (QED) is 0.292. The van der Waals surface area contributed by atoms with Crippen LogP contribution in [0.25, 0.3) is 11.8 Å². The van der Waals surface area contributed by atoms with E-state index < -0.39 is 64.4 Å². The predicted molar refractivity (Wildman–Crippen MR) is 173 cm³/mol. The number of ether oxygens (including phenoxy) is 3. The maximum Gasteiger partial charge on any atom is 0.306 e. The lowest BCUT2D eigenvalue weighted by molar-refractivity contribution is -0.234. The molecule has 0 amide bonds. The van der Waals surface area contributed by atoms with Gasteiger partial charge in [0, 0.05) is 47.8 Å². The number of ketones is 1. The molecule has 10 nitrogen and oxygen atoms in total. The summed E-state index contributed by atoms with van der Waals surface area (Å²) in [7, 11) is 0. The summed E-state index contributed by atoms with van der Waals surface area (Å²) in [6, 6.07) is 1.78. The third-order valence-corrected chi connectivity index (χ3v) is 12.0. The molecule has 4 aliphatic carbocycles. The van der Waals surface area contributed by atoms with E-state index in [2.05, 4.69) is 10.9 Å². The lowest BCUT2D eigenvalue weighted by Gasteiger charge is -2.63. The standard InChI is InChI=1S/C37H44FN3O7/c1-7-12-46-26-15-25(18-39-19-26)41-20-23-16-34(5)24(14-29(23)40-41)10-11-27-28-13-22(4)37(48-33(45)9-3,31(43)21-47-32(44)8-2)35(28,6)17-30(42)36(27,34)38/h1,14-15,18-20,22,27-28,30,42H,8-13,16-17,21H2,2-6H3/t22-,27-,28-,30-,34-,35-,36-,37-/m0/s1. The first-order chi connectivity index (χ1) is 22.8. The van der Waals surface area contributed by atoms with Crippen molar-refractivity contribution in [1.29, 1.82) is 0 Å². The number of aliphatic hydroxyl groups is 1. The van der Waals surface area contributed by atoms with Gasteiger partial charge < -0.3 is 19.3 Å². The van der Waals surface area contributed by atoms with Gasteiger partial charge in [-0.1, -0.05) is 46.1 Å². The molecule has 0 radical (unpaired) electrons. The van der Waals surface area contributed by atoms with Gasteiger partial charge in [-0.25, -0.2) is 9.07 Å². The number of fused-ring (bicyclic) bond motifs is 6. The Morgan fingerprint density at radius 1 is 1.17 bits per heavy atom. The van der Waals surface area contributed by atoms with Crippen LogP contribution in [0.4, 0.5) is 4.39 Å². The fourth-order valence-electron chi connectivity index (χ4n) is 9.72. The fourth-order valence-corrected chi connectivity index (χ4v) is 9.72. The number of carbonyl (C=O) groups excluding carboxylic acids is 3. The Kier molecular flexibility index (Phi) is 8.55. The summed E-state index contributed by atoms with van der Waals surface area (Å²) in [6.45, 7) is 8.42. The van der Waals surface area contributed by atoms with Gasteiger partial charge in [0.25, 0.3) is 0 Å². The maximum absolute atomic E-state index is 18.3. The van der Waals surface area contributed by atoms with Crippen molar-refractivity contribution in [3.05, 3.63) is 41.5 Å². The highest BCUT2D eigenvalue weighted by molar-refractivity contribution is 5.93. The summed E-state index contributed by atoms with van der Waals surface area (Å²) < 4.78 is 36.9. The van der Waals surface area contributed by atoms with Gasteiger partial charge in [-0.15, -0.1) is 6.42 Å². The number of carbonyl (C=O) groups is 3. The molecule has 6 rings (SSSR count). The summed E-state index contributed by atoms with van der Waals surface area (Å²) >= 11 is 0. The van der Waals surface area contributed by atoms with Gasteiger partial charge in [0.15, 0.2) is 12.2 Å². The highest BCUT2D eigenvalue weighted by Gasteiger charge is 2.77. The molecule has 4 aliphatic rings. The van der Waals surface area contributed by atoms with E-state index in [1.165, 1.54) is 0 Å². The normalized spacial score (nSPS) is 34.8. The van der Waals surface area contributed by atoms with Crippen LogP contribution in [-0.4, -0.2) is 68.2 Å². The highest BCUT2D eigenvalue weighted by Crippen LogP contribution is 2.72. The number of hydrogen-bond donors (Lipinski definition) is 1. The molecule has 0 spiro atoms. The number of aliphatic hydroxyl groups excluding tert-OH is 1. The van der Waals surface area contributed by atoms with E-state index in [4.69, 9.17) is 25.7 Å². The van der Waals surface area contributed by atoms with Crippen molar-refractivity contribution in [3.63, 3.8) is 0 Å². The average molecular weight is 662 g/mol. The first kappa shape index (κ1) is 33.8. The van der Waals surface area contributed by atoms with E-state index >= 15 is 4.39 Å². The van der Waals surface area contributed by atoms with Crippen LogP contribution in [0.1, 0.15) is 84.4 Å². The molecule has 1 N–H and O–H groups in total. The molecule has 0 bridgehead atoms. The fraction of sp³-hybridized carbons (Fsp3) is 0.595. The van der Waals surface area contributed by atoms with Crippen molar-refractivity contribution < 1.29 is 38.1 Å². The smallest absolute Gasteiger partial charge is 0.306 e. The van der Waals surface area contributed by atoms with Gasteiger partial charge in [-0.2, -0.15) is 5.10 Å². The molecule has 0 aromatic carbocycles. The third kappa shape index (κ3) is 4.81. The number of esters is 2. The molecule has 2 aromatic heterocycles. The molecular weight excluding hydrogens is 617 g/mol. The van der Waals surface area contributed by atoms with E-state index in [0.717, 1.165) is 16.8 Å². The van der Waals surface area contributed by atoms with Gasteiger partial charge in [0.2, 0.25) is 5.78 Å². The zero-order valence-corrected chi connectivity index (χ0v) is 28.3. The first-order valence-corrected chi connectivity index (χ1v) is 16.9. The minimum Gasteiger partial charge on any atom is -0.479 e. The summed E-state index contributed by atoms with van der Waals surface area (Å²) in [5, 5.41) is 16.9. The van der Waals surface area contributed by atoms with E-state index in [0.29, 0.717) is 37.1 Å². The molecular formula is C37H44FN3O7. The van der Waals surface area contributed by atoms with E-state index in [1.54, 1.807) is 37.0 Å². The second-order valence-corrected chi connectivity index (χ2v) is 14.3. The monoisotopic (exact) mass is 661 g/mol. The number of rotatable bonds is 9. The highest BCUT2D eigenvalue weighted by atomic mass is 19.1. The van der Waals surface area contributed by atoms with Gasteiger partial charge in [0.05, 0.1) is 29.9 Å². The molecule has 0 unspecified atom stereocenters. The Bertz CT molecular complexity index is 1710. The van der Waals surface area contributed by atoms with Crippen LogP contribution in [0.2, 0.25) is 0 Å². The Balaban J connectivity index is 1.35. The topological polar surface area (TPSA) is 130 Å². The second-order valence-electron chi connectivity index (χ2n) is 14.3. The summed E-state index contributed by atoms with van der Waals surface area (Å²) in [6.07, 6.45) is 12.7. The number of Topliss-reactive ketones (excluding diaryl/α,β-unsaturated/α-hetero) is 1. The molecule has 256 valence electrons. The van der Waals surface area contributed by atoms with Crippen molar-refractivity contribution >= 4 is 23.8 Å². The number of halogens is 1. The summed E-state index contributed by atoms with van der Waals surface area (Å²) in [5.41, 5.74) is -2.71. The molecule has 0 saturated heterocycles. The number of hydrogen-bond acceptors (Lipinski definition) is 9. The average Bonchev–Trinajstić information content (AvgIpc) is 3.57. The Hall–Kier alpha value is -4.04. The van der Waals surface area contributed by atoms with Gasteiger partial charge in [-0.3, -0.25) is 19.4 Å². The Labute approximate surface area is 280 Å². The zero-order valence-electron chi connectivity index (χ0n) is 28.3. The minimum absolute atomic E-state index is 0.0385. The van der Waals surface area contributed by atoms with E-state index in [-0.39, 0.29) is 31.8 Å². The SMILES string of the molecule is C#CCOc1cncc(-n2cc3c(n2)C=C2CC[C@H]4[C@@H]5C[C@H](C)[C@](OC(=O)CC)(C(=O)COC(=O)CC)[C@@]5(C)C[C@H](O)[C@]4(F)[C@@]2(C)C3)c1. The lowest BCUT2D eigenvalue weighted by atomic mass is 9.43. The Morgan fingerprint density at radius 2 is 1.92 bits per heavy atom. The van der Waals surface area contributed by atoms with Crippen LogP contribution in [0.5, 0.6) is 5.75 Å². The van der Waals surface area contributed by atoms with E-state index in [1.807, 2.05) is 33.0 Å². The Morgan fingerprint density at radius 3 is 2.62 bits per heavy atom. The third-order valence-electron chi connectivity index (χ3n) is 12.0. The molecule has 0 aliphatic heterocycles. The van der Waals surface area contributed by atoms with Crippen molar-refractivity contribution in [1.82, 2.24) is 14.8 Å². The van der Waals surface area contributed by atoms with Crippen LogP contribution in [0.15, 0.2) is 30.2 Å². The first-order valence-electron chi connectivity index (χ1n) is 16.9. The molecule has 2 aromatic rings. The van der Waals surface area contributed by atoms with Crippen LogP contribution in [0.3, 0.4) is 0 Å². The lowest BCUT2D eigenvalue weighted by Crippen LogP contribution is -2.70. The van der Waals surface area contributed by atoms with Gasteiger partial charge >= 0.3 is 11.9 Å². The van der Waals surface area contributed by atoms with Crippen molar-refractivity contribution in [2.75, 3.05) is 13.2 Å². The van der Waals surface area contributed by atoms with Crippen LogP contribution in [-0.2, 0) is 30.3 Å². The van der Waals surface area contributed by atoms with Gasteiger partial charge in [0.1, 0.15) is 18.0 Å². The van der Waals surface area contributed by atoms with E-state index in [9.17, 15) is 19.5 Å². The number of alkyl halides is 1. The number of pyridine rings is 1. The van der Waals surface area contributed by atoms with Gasteiger partial charge in [-0.05, 0) is 49.7 Å². The van der Waals surface area contributed by atoms with Crippen molar-refractivity contribution in [2.24, 2.45) is 28.6 Å². The molecule has 2 heterocycles. The summed E-state index contributed by atoms with van der Waals surface area (Å²) in [5.74, 6) is -0.170. The maximum atomic E-state index is 18.3. The molecule has 3 fully saturated rings.